The van der Waals surface area contributed by atoms with E-state index in [1.165, 1.54) is 6.07 Å². The summed E-state index contributed by atoms with van der Waals surface area (Å²) in [6.07, 6.45) is 1.99. The van der Waals surface area contributed by atoms with Gasteiger partial charge in [0, 0.05) is 37.0 Å². The van der Waals surface area contributed by atoms with Crippen molar-refractivity contribution < 1.29 is 9.66 Å². The largest absolute Gasteiger partial charge is 0.491 e. The number of rotatable bonds is 4. The number of non-ortho nitro benzene ring substituents is 1. The highest BCUT2D eigenvalue weighted by Crippen LogP contribution is 2.30. The van der Waals surface area contributed by atoms with Crippen LogP contribution in [0.2, 0.25) is 0 Å². The molecule has 20 heavy (non-hydrogen) atoms. The third-order valence-electron chi connectivity index (χ3n) is 3.28. The molecule has 1 atom stereocenters. The van der Waals surface area contributed by atoms with Crippen LogP contribution in [-0.4, -0.2) is 30.2 Å². The lowest BCUT2D eigenvalue weighted by molar-refractivity contribution is -0.384. The minimum atomic E-state index is -0.388. The van der Waals surface area contributed by atoms with E-state index in [1.54, 1.807) is 6.07 Å². The standard InChI is InChI=1S/C14H21N3O3/c1-10(2)20-14-7-12(6-13(8-14)17(18)19)16-5-3-4-11(15)9-16/h6-8,10-11H,3-5,9,15H2,1-2H3. The Morgan fingerprint density at radius 3 is 2.80 bits per heavy atom. The van der Waals surface area contributed by atoms with Crippen molar-refractivity contribution in [2.75, 3.05) is 18.0 Å². The molecule has 110 valence electrons. The number of hydrogen-bond donors (Lipinski definition) is 1. The maximum absolute atomic E-state index is 11.0. The van der Waals surface area contributed by atoms with Crippen LogP contribution in [-0.2, 0) is 0 Å². The zero-order chi connectivity index (χ0) is 14.7. The van der Waals surface area contributed by atoms with E-state index in [1.807, 2.05) is 19.9 Å². The van der Waals surface area contributed by atoms with Gasteiger partial charge in [0.25, 0.3) is 5.69 Å². The van der Waals surface area contributed by atoms with Crippen molar-refractivity contribution in [3.63, 3.8) is 0 Å². The molecule has 1 aromatic rings. The number of hydrogen-bond acceptors (Lipinski definition) is 5. The average Bonchev–Trinajstić information content (AvgIpc) is 2.37. The fraction of sp³-hybridized carbons (Fsp3) is 0.571. The number of anilines is 1. The van der Waals surface area contributed by atoms with Crippen molar-refractivity contribution in [2.45, 2.75) is 38.8 Å². The minimum Gasteiger partial charge on any atom is -0.491 e. The normalized spacial score (nSPS) is 19.2. The molecule has 0 amide bonds. The van der Waals surface area contributed by atoms with Gasteiger partial charge in [-0.1, -0.05) is 0 Å². The van der Waals surface area contributed by atoms with Crippen molar-refractivity contribution in [2.24, 2.45) is 5.73 Å². The molecule has 1 fully saturated rings. The third kappa shape index (κ3) is 3.60. The van der Waals surface area contributed by atoms with E-state index in [9.17, 15) is 10.1 Å². The molecule has 0 spiro atoms. The Morgan fingerprint density at radius 2 is 2.20 bits per heavy atom. The van der Waals surface area contributed by atoms with Crippen LogP contribution in [0.5, 0.6) is 5.75 Å². The molecule has 0 radical (unpaired) electrons. The molecule has 1 aliphatic rings. The van der Waals surface area contributed by atoms with Gasteiger partial charge in [0.05, 0.1) is 17.1 Å². The molecule has 1 heterocycles. The fourth-order valence-electron chi connectivity index (χ4n) is 2.44. The maximum Gasteiger partial charge on any atom is 0.275 e. The molecule has 2 N–H and O–H groups in total. The first kappa shape index (κ1) is 14.6. The minimum absolute atomic E-state index is 0.0199. The summed E-state index contributed by atoms with van der Waals surface area (Å²) in [7, 11) is 0. The summed E-state index contributed by atoms with van der Waals surface area (Å²) in [6.45, 7) is 5.39. The monoisotopic (exact) mass is 279 g/mol. The van der Waals surface area contributed by atoms with Gasteiger partial charge in [-0.2, -0.15) is 0 Å². The molecule has 1 aliphatic heterocycles. The summed E-state index contributed by atoms with van der Waals surface area (Å²) < 4.78 is 5.60. The Morgan fingerprint density at radius 1 is 1.45 bits per heavy atom. The van der Waals surface area contributed by atoms with Gasteiger partial charge in [-0.3, -0.25) is 10.1 Å². The number of piperidine rings is 1. The molecule has 2 rings (SSSR count). The Labute approximate surface area is 118 Å². The quantitative estimate of drug-likeness (QED) is 0.675. The van der Waals surface area contributed by atoms with Gasteiger partial charge in [-0.15, -0.1) is 0 Å². The summed E-state index contributed by atoms with van der Waals surface area (Å²) in [6, 6.07) is 5.03. The molecule has 0 aliphatic carbocycles. The lowest BCUT2D eigenvalue weighted by Gasteiger charge is -2.32. The number of nitro benzene ring substituents is 1. The van der Waals surface area contributed by atoms with E-state index in [0.29, 0.717) is 5.75 Å². The first-order valence-electron chi connectivity index (χ1n) is 6.92. The summed E-state index contributed by atoms with van der Waals surface area (Å²) in [5, 5.41) is 11.0. The second-order valence-electron chi connectivity index (χ2n) is 5.46. The summed E-state index contributed by atoms with van der Waals surface area (Å²) >= 11 is 0. The number of ether oxygens (including phenoxy) is 1. The lowest BCUT2D eigenvalue weighted by atomic mass is 10.1. The molecule has 0 aromatic heterocycles. The van der Waals surface area contributed by atoms with E-state index in [-0.39, 0.29) is 22.8 Å². The van der Waals surface area contributed by atoms with Crippen LogP contribution in [0.15, 0.2) is 18.2 Å². The highest BCUT2D eigenvalue weighted by atomic mass is 16.6. The number of benzene rings is 1. The molecule has 1 unspecified atom stereocenters. The van der Waals surface area contributed by atoms with Gasteiger partial charge < -0.3 is 15.4 Å². The van der Waals surface area contributed by atoms with Gasteiger partial charge in [0.1, 0.15) is 5.75 Å². The number of nitrogens with zero attached hydrogens (tertiary/aromatic N) is 2. The first-order valence-corrected chi connectivity index (χ1v) is 6.92. The molecular weight excluding hydrogens is 258 g/mol. The van der Waals surface area contributed by atoms with Crippen LogP contribution in [0.1, 0.15) is 26.7 Å². The predicted molar refractivity (Wildman–Crippen MR) is 78.3 cm³/mol. The molecule has 6 nitrogen and oxygen atoms in total. The fourth-order valence-corrected chi connectivity index (χ4v) is 2.44. The van der Waals surface area contributed by atoms with Crippen LogP contribution in [0.3, 0.4) is 0 Å². The van der Waals surface area contributed by atoms with Crippen LogP contribution < -0.4 is 15.4 Å². The van der Waals surface area contributed by atoms with Gasteiger partial charge >= 0.3 is 0 Å². The van der Waals surface area contributed by atoms with Crippen LogP contribution in [0.25, 0.3) is 0 Å². The second-order valence-corrected chi connectivity index (χ2v) is 5.46. The first-order chi connectivity index (χ1) is 9.45. The van der Waals surface area contributed by atoms with Crippen molar-refractivity contribution in [3.8, 4) is 5.75 Å². The van der Waals surface area contributed by atoms with E-state index < -0.39 is 0 Å². The topological polar surface area (TPSA) is 81.6 Å². The molecule has 1 aromatic carbocycles. The Kier molecular flexibility index (Phi) is 4.44. The summed E-state index contributed by atoms with van der Waals surface area (Å²) in [5.41, 5.74) is 6.84. The second kappa shape index (κ2) is 6.09. The SMILES string of the molecule is CC(C)Oc1cc(N2CCCC(N)C2)cc([N+](=O)[O-])c1. The van der Waals surface area contributed by atoms with Crippen molar-refractivity contribution >= 4 is 11.4 Å². The van der Waals surface area contributed by atoms with Gasteiger partial charge in [0.15, 0.2) is 0 Å². The molecule has 1 saturated heterocycles. The number of nitro groups is 1. The van der Waals surface area contributed by atoms with Crippen molar-refractivity contribution in [1.82, 2.24) is 0 Å². The van der Waals surface area contributed by atoms with E-state index in [0.717, 1.165) is 31.6 Å². The van der Waals surface area contributed by atoms with Crippen LogP contribution >= 0.6 is 0 Å². The van der Waals surface area contributed by atoms with E-state index >= 15 is 0 Å². The molecule has 6 heteroatoms. The Balaban J connectivity index is 2.30. The average molecular weight is 279 g/mol. The summed E-state index contributed by atoms with van der Waals surface area (Å²) in [4.78, 5) is 12.7. The Bertz CT molecular complexity index is 491. The predicted octanol–water partition coefficient (Wildman–Crippen LogP) is 2.31. The molecule has 0 saturated carbocycles. The van der Waals surface area contributed by atoms with Gasteiger partial charge in [0.2, 0.25) is 0 Å². The van der Waals surface area contributed by atoms with Crippen LogP contribution in [0, 0.1) is 10.1 Å². The third-order valence-corrected chi connectivity index (χ3v) is 3.28. The van der Waals surface area contributed by atoms with Gasteiger partial charge in [-0.25, -0.2) is 0 Å². The highest BCUT2D eigenvalue weighted by Gasteiger charge is 2.20. The van der Waals surface area contributed by atoms with E-state index in [4.69, 9.17) is 10.5 Å². The molecule has 0 bridgehead atoms. The zero-order valence-electron chi connectivity index (χ0n) is 11.9. The number of nitrogens with two attached hydrogens (primary N) is 1. The molecular formula is C14H21N3O3. The maximum atomic E-state index is 11.0. The van der Waals surface area contributed by atoms with E-state index in [2.05, 4.69) is 4.90 Å². The summed E-state index contributed by atoms with van der Waals surface area (Å²) in [5.74, 6) is 0.531. The van der Waals surface area contributed by atoms with Gasteiger partial charge in [-0.05, 0) is 26.7 Å². The zero-order valence-corrected chi connectivity index (χ0v) is 11.9. The smallest absolute Gasteiger partial charge is 0.275 e. The Hall–Kier alpha value is -1.82. The highest BCUT2D eigenvalue weighted by molar-refractivity contribution is 5.58. The lowest BCUT2D eigenvalue weighted by Crippen LogP contribution is -2.42. The van der Waals surface area contributed by atoms with Crippen molar-refractivity contribution in [3.05, 3.63) is 28.3 Å². The van der Waals surface area contributed by atoms with Crippen molar-refractivity contribution in [1.29, 1.82) is 0 Å². The van der Waals surface area contributed by atoms with Crippen LogP contribution in [0.4, 0.5) is 11.4 Å².